The van der Waals surface area contributed by atoms with Crippen molar-refractivity contribution in [2.75, 3.05) is 54.3 Å². The summed E-state index contributed by atoms with van der Waals surface area (Å²) in [4.78, 5) is 62.1. The van der Waals surface area contributed by atoms with E-state index in [0.717, 1.165) is 96.3 Å². The van der Waals surface area contributed by atoms with Crippen molar-refractivity contribution in [1.82, 2.24) is 58.5 Å². The third-order valence-corrected chi connectivity index (χ3v) is 29.8. The number of carbonyl (C=O) groups is 3. The standard InChI is InChI=1S/3C30H37N5O5S/c3*1-29(2)13-11-21-6-5-18-39-22-7-4-8-23(20-22)41(37,38)33-28(36)24-9-10-25(31-27(24)35(21)29)34-17-12-26(32-34)40-19-16-30(3)14-15-30/h3*4,7-10,12,17,20-21H,5-6,11,13-16,18-19H2,1-3H3,(H,33,36). The van der Waals surface area contributed by atoms with Gasteiger partial charge in [-0.2, -0.15) is 0 Å². The van der Waals surface area contributed by atoms with Crippen molar-refractivity contribution >= 4 is 65.2 Å². The summed E-state index contributed by atoms with van der Waals surface area (Å²) >= 11 is 0. The quantitative estimate of drug-likeness (QED) is 0.0858. The number of aromatic nitrogens is 9. The van der Waals surface area contributed by atoms with Crippen LogP contribution in [0.3, 0.4) is 0 Å². The van der Waals surface area contributed by atoms with Gasteiger partial charge in [-0.05, 0) is 265 Å². The Bertz CT molecular complexity index is 5240. The van der Waals surface area contributed by atoms with Crippen LogP contribution in [-0.4, -0.2) is 162 Å². The molecule has 0 radical (unpaired) electrons. The molecular formula is C90H111N15O15S3. The van der Waals surface area contributed by atoms with Crippen molar-refractivity contribution in [3.63, 3.8) is 0 Å². The molecule has 3 N–H and O–H groups in total. The van der Waals surface area contributed by atoms with E-state index in [9.17, 15) is 39.6 Å². The Morgan fingerprint density at radius 2 is 0.642 bits per heavy atom. The van der Waals surface area contributed by atoms with E-state index in [1.807, 2.05) is 0 Å². The number of pyridine rings is 3. The summed E-state index contributed by atoms with van der Waals surface area (Å²) in [6.45, 7) is 22.8. The van der Waals surface area contributed by atoms with Gasteiger partial charge < -0.3 is 43.1 Å². The zero-order chi connectivity index (χ0) is 86.5. The molecule has 9 aliphatic rings. The van der Waals surface area contributed by atoms with Crippen LogP contribution in [-0.2, 0) is 30.1 Å². The minimum Gasteiger partial charge on any atom is -0.494 e. The number of benzene rings is 3. The van der Waals surface area contributed by atoms with Gasteiger partial charge in [-0.3, -0.25) is 14.4 Å². The maximum atomic E-state index is 13.6. The van der Waals surface area contributed by atoms with E-state index < -0.39 is 47.8 Å². The van der Waals surface area contributed by atoms with E-state index in [1.54, 1.807) is 124 Å². The lowest BCUT2D eigenvalue weighted by Crippen LogP contribution is -2.45. The van der Waals surface area contributed by atoms with Gasteiger partial charge in [-0.15, -0.1) is 15.3 Å². The first-order valence-corrected chi connectivity index (χ1v) is 47.4. The molecule has 654 valence electrons. The number of hydrogen-bond donors (Lipinski definition) is 3. The summed E-state index contributed by atoms with van der Waals surface area (Å²) < 4.78 is 126. The lowest BCUT2D eigenvalue weighted by molar-refractivity contribution is 0.0972. The van der Waals surface area contributed by atoms with Gasteiger partial charge in [-0.1, -0.05) is 39.0 Å². The molecule has 6 aromatic heterocycles. The van der Waals surface area contributed by atoms with Gasteiger partial charge in [0.15, 0.2) is 17.5 Å². The Kier molecular flexibility index (Phi) is 23.7. The van der Waals surface area contributed by atoms with Crippen molar-refractivity contribution in [3.05, 3.63) is 163 Å². The molecule has 3 aromatic carbocycles. The summed E-state index contributed by atoms with van der Waals surface area (Å²) in [5, 5.41) is 13.7. The van der Waals surface area contributed by atoms with Crippen molar-refractivity contribution < 1.29 is 68.1 Å². The van der Waals surface area contributed by atoms with Gasteiger partial charge in [0.05, 0.1) is 71.0 Å². The number of hydrogen-bond acceptors (Lipinski definition) is 24. The summed E-state index contributed by atoms with van der Waals surface area (Å²) in [5.41, 5.74) is 0.881. The highest BCUT2D eigenvalue weighted by Gasteiger charge is 2.47. The Morgan fingerprint density at radius 1 is 0.366 bits per heavy atom. The number of ether oxygens (including phenoxy) is 6. The zero-order valence-electron chi connectivity index (χ0n) is 71.4. The molecule has 18 rings (SSSR count). The van der Waals surface area contributed by atoms with Gasteiger partial charge in [0.25, 0.3) is 47.8 Å². The number of sulfonamides is 3. The van der Waals surface area contributed by atoms with Gasteiger partial charge in [0.1, 0.15) is 34.7 Å². The van der Waals surface area contributed by atoms with E-state index in [0.29, 0.717) is 126 Å². The van der Waals surface area contributed by atoms with E-state index >= 15 is 0 Å². The molecule has 0 spiro atoms. The normalized spacial score (nSPS) is 22.5. The molecule has 6 bridgehead atoms. The van der Waals surface area contributed by atoms with Crippen LogP contribution in [0.1, 0.15) is 228 Å². The largest absolute Gasteiger partial charge is 0.494 e. The topological polar surface area (TPSA) is 347 Å². The summed E-state index contributed by atoms with van der Waals surface area (Å²) in [5.74, 6) is 3.57. The molecule has 3 unspecified atom stereocenters. The van der Waals surface area contributed by atoms with Gasteiger partial charge >= 0.3 is 0 Å². The Hall–Kier alpha value is -10.8. The molecule has 123 heavy (non-hydrogen) atoms. The highest BCUT2D eigenvalue weighted by Crippen LogP contribution is 2.51. The number of amides is 3. The highest BCUT2D eigenvalue weighted by molar-refractivity contribution is 7.90. The lowest BCUT2D eigenvalue weighted by atomic mass is 10.0. The molecule has 3 saturated carbocycles. The molecule has 3 amide bonds. The second kappa shape index (κ2) is 34.0. The molecule has 12 heterocycles. The Balaban J connectivity index is 0.000000137. The van der Waals surface area contributed by atoms with Crippen LogP contribution in [0.5, 0.6) is 34.9 Å². The fourth-order valence-electron chi connectivity index (χ4n) is 17.3. The summed E-state index contributed by atoms with van der Waals surface area (Å²) in [6, 6.07) is 34.3. The second-order valence-electron chi connectivity index (χ2n) is 37.0. The lowest BCUT2D eigenvalue weighted by Gasteiger charge is -2.38. The van der Waals surface area contributed by atoms with Gasteiger partial charge in [-0.25, -0.2) is 68.4 Å². The van der Waals surface area contributed by atoms with Crippen LogP contribution in [0.15, 0.2) is 161 Å². The number of nitrogens with one attached hydrogen (secondary N) is 3. The van der Waals surface area contributed by atoms with Crippen LogP contribution in [0, 0.1) is 16.2 Å². The van der Waals surface area contributed by atoms with Crippen LogP contribution >= 0.6 is 0 Å². The van der Waals surface area contributed by atoms with E-state index in [2.05, 4.69) is 106 Å². The number of carbonyl (C=O) groups excluding carboxylic acids is 3. The van der Waals surface area contributed by atoms with Gasteiger partial charge in [0, 0.05) is 89.7 Å². The molecule has 6 aliphatic heterocycles. The fraction of sp³-hybridized carbons (Fsp3) is 0.500. The molecular weight excluding hydrogens is 1630 g/mol. The molecule has 6 fully saturated rings. The van der Waals surface area contributed by atoms with Crippen LogP contribution in [0.2, 0.25) is 0 Å². The third kappa shape index (κ3) is 19.7. The smallest absolute Gasteiger partial charge is 0.268 e. The number of fused-ring (bicyclic) bond motifs is 15. The fourth-order valence-corrected chi connectivity index (χ4v) is 20.3. The Morgan fingerprint density at radius 3 is 0.911 bits per heavy atom. The summed E-state index contributed by atoms with van der Waals surface area (Å²) in [7, 11) is -12.4. The van der Waals surface area contributed by atoms with Crippen molar-refractivity contribution in [1.29, 1.82) is 0 Å². The monoisotopic (exact) mass is 1740 g/mol. The zero-order valence-corrected chi connectivity index (χ0v) is 73.8. The van der Waals surface area contributed by atoms with Crippen molar-refractivity contribution in [3.8, 4) is 52.3 Å². The maximum absolute atomic E-state index is 13.6. The minimum absolute atomic E-state index is 0.0364. The molecule has 3 aliphatic carbocycles. The predicted octanol–water partition coefficient (Wildman–Crippen LogP) is 14.6. The highest BCUT2D eigenvalue weighted by atomic mass is 32.2. The van der Waals surface area contributed by atoms with Crippen molar-refractivity contribution in [2.24, 2.45) is 16.2 Å². The van der Waals surface area contributed by atoms with Crippen LogP contribution in [0.4, 0.5) is 17.5 Å². The summed E-state index contributed by atoms with van der Waals surface area (Å²) in [6.07, 6.45) is 26.1. The number of anilines is 3. The van der Waals surface area contributed by atoms with Crippen molar-refractivity contribution in [2.45, 2.75) is 247 Å². The third-order valence-electron chi connectivity index (χ3n) is 25.8. The molecule has 9 aromatic rings. The van der Waals surface area contributed by atoms with Crippen LogP contribution in [0.25, 0.3) is 17.5 Å². The molecule has 3 atom stereocenters. The average Bonchev–Trinajstić information content (AvgIpc) is 1.57. The molecule has 33 heteroatoms. The number of nitrogens with zero attached hydrogens (tertiary/aromatic N) is 12. The second-order valence-corrected chi connectivity index (χ2v) is 42.0. The number of rotatable bonds is 15. The predicted molar refractivity (Wildman–Crippen MR) is 463 cm³/mol. The minimum atomic E-state index is -4.15. The van der Waals surface area contributed by atoms with E-state index in [1.165, 1.54) is 74.9 Å². The average molecular weight is 1740 g/mol. The maximum Gasteiger partial charge on any atom is 0.268 e. The first-order chi connectivity index (χ1) is 58.6. The molecule has 30 nitrogen and oxygen atoms in total. The van der Waals surface area contributed by atoms with E-state index in [4.69, 9.17) is 43.4 Å². The van der Waals surface area contributed by atoms with Gasteiger partial charge in [0.2, 0.25) is 17.6 Å². The van der Waals surface area contributed by atoms with E-state index in [-0.39, 0.29) is 66.1 Å². The first-order valence-electron chi connectivity index (χ1n) is 43.0. The Labute approximate surface area is 719 Å². The van der Waals surface area contributed by atoms with Crippen LogP contribution < -0.4 is 57.3 Å². The SMILES string of the molecule is CC1(CCOc2ccn(-c3ccc4c(n3)N3C(CCCOc5cccc(c5)S(=O)(=O)NC4=O)CCC3(C)C)n2)CC1.CC1(CCOc2ccn(-c3ccc4c(n3)N3C(CCCOc5cccc(c5)S(=O)(=O)NC4=O)CCC3(C)C)n2)CC1.CC1(CCOc2ccn(-c3ccc4c(n3)N3C(CCCOc5cccc(c5)S(=O)(=O)NC4=O)CCC3(C)C)n2)CC1. The molecule has 3 saturated heterocycles. The first kappa shape index (κ1) is 85.7.